The second-order valence-corrected chi connectivity index (χ2v) is 5.12. The van der Waals surface area contributed by atoms with E-state index in [1.165, 1.54) is 11.7 Å². The second-order valence-electron chi connectivity index (χ2n) is 3.77. The highest BCUT2D eigenvalue weighted by molar-refractivity contribution is 7.99. The van der Waals surface area contributed by atoms with Gasteiger partial charge in [-0.15, -0.1) is 0 Å². The number of carbonyl (C=O) groups is 1. The summed E-state index contributed by atoms with van der Waals surface area (Å²) in [6.45, 7) is 0. The number of halogens is 3. The molecule has 20 heavy (non-hydrogen) atoms. The van der Waals surface area contributed by atoms with Crippen LogP contribution in [0.2, 0.25) is 5.02 Å². The Labute approximate surface area is 121 Å². The minimum Gasteiger partial charge on any atom is -0.481 e. The van der Waals surface area contributed by atoms with Gasteiger partial charge in [0, 0.05) is 7.05 Å². The molecule has 0 aliphatic carbocycles. The monoisotopic (exact) mass is 319 g/mol. The standard InChI is InChI=1S/C11H8ClF2N3O2S/c1-17-11(20-4-9(18)19)15-10(16-17)5-2-8(14)6(12)3-7(5)13/h2-3H,4H2,1H3,(H,18,19). The summed E-state index contributed by atoms with van der Waals surface area (Å²) in [7, 11) is 1.53. The second kappa shape index (κ2) is 5.76. The van der Waals surface area contributed by atoms with Gasteiger partial charge in [-0.05, 0) is 12.1 Å². The molecule has 0 amide bonds. The van der Waals surface area contributed by atoms with E-state index in [-0.39, 0.29) is 27.3 Å². The fraction of sp³-hybridized carbons (Fsp3) is 0.182. The van der Waals surface area contributed by atoms with Crippen molar-refractivity contribution < 1.29 is 18.7 Å². The molecule has 0 bridgehead atoms. The number of carboxylic acid groups (broad SMARTS) is 1. The Bertz CT molecular complexity index is 678. The lowest BCUT2D eigenvalue weighted by Crippen LogP contribution is -2.00. The molecule has 1 aromatic carbocycles. The Hall–Kier alpha value is -1.67. The van der Waals surface area contributed by atoms with E-state index in [1.54, 1.807) is 0 Å². The molecule has 0 aliphatic rings. The van der Waals surface area contributed by atoms with Crippen LogP contribution in [0.5, 0.6) is 0 Å². The average molecular weight is 320 g/mol. The molecule has 1 heterocycles. The van der Waals surface area contributed by atoms with Crippen LogP contribution in [0, 0.1) is 11.6 Å². The van der Waals surface area contributed by atoms with Gasteiger partial charge in [0.1, 0.15) is 11.6 Å². The average Bonchev–Trinajstić information content (AvgIpc) is 2.72. The molecule has 0 saturated heterocycles. The Morgan fingerprint density at radius 1 is 1.45 bits per heavy atom. The van der Waals surface area contributed by atoms with E-state index in [0.29, 0.717) is 0 Å². The van der Waals surface area contributed by atoms with Gasteiger partial charge in [0.05, 0.1) is 16.3 Å². The summed E-state index contributed by atoms with van der Waals surface area (Å²) in [4.78, 5) is 14.5. The zero-order chi connectivity index (χ0) is 14.9. The van der Waals surface area contributed by atoms with Crippen molar-refractivity contribution in [2.45, 2.75) is 5.16 Å². The van der Waals surface area contributed by atoms with Crippen LogP contribution in [0.4, 0.5) is 8.78 Å². The molecule has 1 N–H and O–H groups in total. The first-order valence-corrected chi connectivity index (χ1v) is 6.65. The van der Waals surface area contributed by atoms with Crippen LogP contribution in [0.3, 0.4) is 0 Å². The molecular formula is C11H8ClF2N3O2S. The summed E-state index contributed by atoms with van der Waals surface area (Å²) in [6, 6.07) is 1.74. The first-order chi connectivity index (χ1) is 9.38. The van der Waals surface area contributed by atoms with Gasteiger partial charge in [-0.3, -0.25) is 4.79 Å². The number of thioether (sulfide) groups is 1. The lowest BCUT2D eigenvalue weighted by atomic mass is 10.2. The largest absolute Gasteiger partial charge is 0.481 e. The van der Waals surface area contributed by atoms with Crippen LogP contribution in [0.1, 0.15) is 0 Å². The number of hydrogen-bond acceptors (Lipinski definition) is 4. The molecule has 0 fully saturated rings. The minimum absolute atomic E-state index is 0.0338. The zero-order valence-corrected chi connectivity index (χ0v) is 11.7. The first-order valence-electron chi connectivity index (χ1n) is 5.29. The Morgan fingerprint density at radius 2 is 2.15 bits per heavy atom. The molecule has 0 atom stereocenters. The lowest BCUT2D eigenvalue weighted by Gasteiger charge is -2.00. The highest BCUT2D eigenvalue weighted by Crippen LogP contribution is 2.27. The first kappa shape index (κ1) is 14.7. The van der Waals surface area contributed by atoms with Crippen molar-refractivity contribution in [1.29, 1.82) is 0 Å². The maximum Gasteiger partial charge on any atom is 0.313 e. The highest BCUT2D eigenvalue weighted by atomic mass is 35.5. The summed E-state index contributed by atoms with van der Waals surface area (Å²) < 4.78 is 28.4. The number of benzene rings is 1. The zero-order valence-electron chi connectivity index (χ0n) is 10.1. The van der Waals surface area contributed by atoms with Crippen molar-refractivity contribution in [2.75, 3.05) is 5.75 Å². The molecule has 0 radical (unpaired) electrons. The van der Waals surface area contributed by atoms with Crippen molar-refractivity contribution >= 4 is 29.3 Å². The van der Waals surface area contributed by atoms with E-state index in [1.807, 2.05) is 0 Å². The molecule has 2 rings (SSSR count). The molecule has 0 aliphatic heterocycles. The van der Waals surface area contributed by atoms with Gasteiger partial charge in [-0.25, -0.2) is 18.4 Å². The lowest BCUT2D eigenvalue weighted by molar-refractivity contribution is -0.133. The third kappa shape index (κ3) is 3.07. The number of aliphatic carboxylic acids is 1. The van der Waals surface area contributed by atoms with Gasteiger partial charge in [-0.2, -0.15) is 5.10 Å². The minimum atomic E-state index is -1.01. The molecule has 9 heteroatoms. The number of rotatable bonds is 4. The predicted molar refractivity (Wildman–Crippen MR) is 69.7 cm³/mol. The van der Waals surface area contributed by atoms with Crippen LogP contribution in [0.25, 0.3) is 11.4 Å². The molecule has 2 aromatic rings. The fourth-order valence-corrected chi connectivity index (χ4v) is 2.21. The number of hydrogen-bond donors (Lipinski definition) is 1. The summed E-state index contributed by atoms with van der Waals surface area (Å²) in [5.41, 5.74) is -0.135. The van der Waals surface area contributed by atoms with E-state index in [9.17, 15) is 13.6 Å². The Kier molecular flexibility index (Phi) is 4.24. The van der Waals surface area contributed by atoms with Crippen LogP contribution >= 0.6 is 23.4 Å². The van der Waals surface area contributed by atoms with Crippen LogP contribution < -0.4 is 0 Å². The topological polar surface area (TPSA) is 68.0 Å². The van der Waals surface area contributed by atoms with Gasteiger partial charge in [0.15, 0.2) is 11.0 Å². The van der Waals surface area contributed by atoms with E-state index < -0.39 is 17.6 Å². The summed E-state index contributed by atoms with van der Waals surface area (Å²) in [5.74, 6) is -2.78. The van der Waals surface area contributed by atoms with Gasteiger partial charge >= 0.3 is 5.97 Å². The van der Waals surface area contributed by atoms with Crippen molar-refractivity contribution in [3.63, 3.8) is 0 Å². The number of carboxylic acids is 1. The van der Waals surface area contributed by atoms with Crippen LogP contribution in [0.15, 0.2) is 17.3 Å². The van der Waals surface area contributed by atoms with Crippen molar-refractivity contribution in [2.24, 2.45) is 7.05 Å². The summed E-state index contributed by atoms with van der Waals surface area (Å²) in [5, 5.41) is 12.5. The Balaban J connectivity index is 2.37. The number of aromatic nitrogens is 3. The van der Waals surface area contributed by atoms with Gasteiger partial charge in [0.2, 0.25) is 0 Å². The van der Waals surface area contributed by atoms with Crippen molar-refractivity contribution in [3.8, 4) is 11.4 Å². The smallest absolute Gasteiger partial charge is 0.313 e. The third-order valence-electron chi connectivity index (χ3n) is 2.30. The predicted octanol–water partition coefficient (Wildman–Crippen LogP) is 2.59. The molecular weight excluding hydrogens is 312 g/mol. The number of aryl methyl sites for hydroxylation is 1. The maximum absolute atomic E-state index is 13.7. The molecule has 0 saturated carbocycles. The molecule has 0 unspecified atom stereocenters. The molecule has 5 nitrogen and oxygen atoms in total. The summed E-state index contributed by atoms with van der Waals surface area (Å²) >= 11 is 6.40. The van der Waals surface area contributed by atoms with Crippen LogP contribution in [-0.4, -0.2) is 31.6 Å². The molecule has 106 valence electrons. The van der Waals surface area contributed by atoms with Gasteiger partial charge in [0.25, 0.3) is 0 Å². The highest BCUT2D eigenvalue weighted by Gasteiger charge is 2.17. The van der Waals surface area contributed by atoms with Gasteiger partial charge < -0.3 is 5.11 Å². The normalized spacial score (nSPS) is 10.8. The van der Waals surface area contributed by atoms with Crippen LogP contribution in [-0.2, 0) is 11.8 Å². The third-order valence-corrected chi connectivity index (χ3v) is 3.59. The van der Waals surface area contributed by atoms with E-state index in [2.05, 4.69) is 10.1 Å². The van der Waals surface area contributed by atoms with Crippen molar-refractivity contribution in [1.82, 2.24) is 14.8 Å². The fourth-order valence-electron chi connectivity index (χ4n) is 1.43. The number of nitrogens with zero attached hydrogens (tertiary/aromatic N) is 3. The SMILES string of the molecule is Cn1nc(-c2cc(F)c(Cl)cc2F)nc1SCC(=O)O. The molecule has 1 aromatic heterocycles. The van der Waals surface area contributed by atoms with Crippen molar-refractivity contribution in [3.05, 3.63) is 28.8 Å². The van der Waals surface area contributed by atoms with Gasteiger partial charge in [-0.1, -0.05) is 23.4 Å². The Morgan fingerprint density at radius 3 is 2.80 bits per heavy atom. The van der Waals surface area contributed by atoms with E-state index in [4.69, 9.17) is 16.7 Å². The quantitative estimate of drug-likeness (QED) is 0.693. The summed E-state index contributed by atoms with van der Waals surface area (Å²) in [6.07, 6.45) is 0. The van der Waals surface area contributed by atoms with E-state index in [0.717, 1.165) is 23.9 Å². The maximum atomic E-state index is 13.7. The molecule has 0 spiro atoms. The van der Waals surface area contributed by atoms with E-state index >= 15 is 0 Å².